The molecule has 1 aliphatic rings. The molecule has 0 aliphatic carbocycles. The number of aromatic nitrogens is 2. The summed E-state index contributed by atoms with van der Waals surface area (Å²) in [6, 6.07) is 1.10. The number of rotatable bonds is 2. The van der Waals surface area contributed by atoms with Crippen molar-refractivity contribution in [2.75, 3.05) is 0 Å². The fraction of sp³-hybridized carbons (Fsp3) is 0.636. The molecule has 0 radical (unpaired) electrons. The van der Waals surface area contributed by atoms with Gasteiger partial charge in [-0.15, -0.1) is 0 Å². The van der Waals surface area contributed by atoms with Gasteiger partial charge in [0.15, 0.2) is 5.72 Å². The second-order valence-corrected chi connectivity index (χ2v) is 4.79. The smallest absolute Gasteiger partial charge is 0.330 e. The highest BCUT2D eigenvalue weighted by atomic mass is 16.6. The third-order valence-corrected chi connectivity index (χ3v) is 3.36. The monoisotopic (exact) mass is 272 g/mol. The molecule has 2 rings (SSSR count). The lowest BCUT2D eigenvalue weighted by molar-refractivity contribution is -0.148. The van der Waals surface area contributed by atoms with Gasteiger partial charge in [0.2, 0.25) is 0 Å². The van der Waals surface area contributed by atoms with Gasteiger partial charge in [0.1, 0.15) is 18.3 Å². The first-order chi connectivity index (χ1) is 8.77. The summed E-state index contributed by atoms with van der Waals surface area (Å²) in [6.07, 6.45) is -3.65. The summed E-state index contributed by atoms with van der Waals surface area (Å²) in [5.74, 6) is 0. The summed E-state index contributed by atoms with van der Waals surface area (Å²) in [5, 5.41) is 29.4. The van der Waals surface area contributed by atoms with E-state index in [2.05, 4.69) is 0 Å². The Bertz CT molecular complexity index is 579. The van der Waals surface area contributed by atoms with E-state index in [0.29, 0.717) is 0 Å². The zero-order chi connectivity index (χ0) is 14.4. The van der Waals surface area contributed by atoms with Crippen molar-refractivity contribution >= 4 is 0 Å². The van der Waals surface area contributed by atoms with Crippen LogP contribution in [0.5, 0.6) is 0 Å². The van der Waals surface area contributed by atoms with Crippen LogP contribution >= 0.6 is 0 Å². The number of H-pyrrole nitrogens is 1. The molecule has 106 valence electrons. The van der Waals surface area contributed by atoms with E-state index in [1.54, 1.807) is 0 Å². The lowest BCUT2D eigenvalue weighted by atomic mass is 10.0. The van der Waals surface area contributed by atoms with Gasteiger partial charge in [0.25, 0.3) is 5.56 Å². The molecule has 4 N–H and O–H groups in total. The Morgan fingerprint density at radius 3 is 2.58 bits per heavy atom. The average Bonchev–Trinajstić information content (AvgIpc) is 2.54. The zero-order valence-corrected chi connectivity index (χ0v) is 10.5. The number of aliphatic hydroxyl groups excluding tert-OH is 3. The largest absolute Gasteiger partial charge is 0.391 e. The van der Waals surface area contributed by atoms with E-state index in [0.717, 1.165) is 10.6 Å². The molecule has 8 heteroatoms. The van der Waals surface area contributed by atoms with E-state index >= 15 is 0 Å². The molecule has 2 heterocycles. The van der Waals surface area contributed by atoms with Gasteiger partial charge in [-0.25, -0.2) is 4.79 Å². The van der Waals surface area contributed by atoms with Crippen LogP contribution in [0.1, 0.15) is 13.8 Å². The first-order valence-corrected chi connectivity index (χ1v) is 5.82. The van der Waals surface area contributed by atoms with Crippen LogP contribution in [0, 0.1) is 0 Å². The second-order valence-electron chi connectivity index (χ2n) is 4.79. The molecule has 0 aromatic carbocycles. The van der Waals surface area contributed by atoms with Crippen LogP contribution < -0.4 is 11.2 Å². The van der Waals surface area contributed by atoms with Crippen molar-refractivity contribution in [3.8, 4) is 0 Å². The minimum absolute atomic E-state index is 0.579. The van der Waals surface area contributed by atoms with Gasteiger partial charge in [-0.2, -0.15) is 0 Å². The molecule has 1 aliphatic heterocycles. The normalized spacial score (nSPS) is 36.4. The average molecular weight is 272 g/mol. The van der Waals surface area contributed by atoms with Gasteiger partial charge in [-0.1, -0.05) is 0 Å². The van der Waals surface area contributed by atoms with Crippen LogP contribution in [0.3, 0.4) is 0 Å². The highest BCUT2D eigenvalue weighted by Gasteiger charge is 2.54. The molecule has 1 fully saturated rings. The van der Waals surface area contributed by atoms with Crippen molar-refractivity contribution in [3.05, 3.63) is 33.1 Å². The van der Waals surface area contributed by atoms with Crippen LogP contribution in [0.4, 0.5) is 0 Å². The van der Waals surface area contributed by atoms with Crippen molar-refractivity contribution in [1.82, 2.24) is 9.55 Å². The van der Waals surface area contributed by atoms with Gasteiger partial charge in [0.05, 0.1) is 6.10 Å². The summed E-state index contributed by atoms with van der Waals surface area (Å²) in [6.45, 7) is 2.80. The third kappa shape index (κ3) is 2.12. The van der Waals surface area contributed by atoms with Crippen LogP contribution in [0.15, 0.2) is 21.9 Å². The van der Waals surface area contributed by atoms with E-state index < -0.39 is 41.4 Å². The van der Waals surface area contributed by atoms with Gasteiger partial charge in [-0.05, 0) is 13.8 Å². The van der Waals surface area contributed by atoms with Crippen LogP contribution in [-0.2, 0) is 10.5 Å². The van der Waals surface area contributed by atoms with Crippen molar-refractivity contribution in [3.63, 3.8) is 0 Å². The maximum Gasteiger partial charge on any atom is 0.330 e. The van der Waals surface area contributed by atoms with E-state index in [9.17, 15) is 24.9 Å². The first kappa shape index (κ1) is 13.9. The maximum atomic E-state index is 11.7. The Labute approximate surface area is 107 Å². The SMILES string of the molecule is C[C@@H](O)[C@H]1O[C@@](C)(n2ccc(=O)[nH]c2=O)[C@H](O)[C@@H]1O. The summed E-state index contributed by atoms with van der Waals surface area (Å²) >= 11 is 0. The Hall–Kier alpha value is -1.48. The lowest BCUT2D eigenvalue weighted by Gasteiger charge is -2.29. The van der Waals surface area contributed by atoms with Crippen molar-refractivity contribution in [2.45, 2.75) is 44.0 Å². The second kappa shape index (κ2) is 4.57. The van der Waals surface area contributed by atoms with Gasteiger partial charge >= 0.3 is 5.69 Å². The van der Waals surface area contributed by atoms with Gasteiger partial charge in [0, 0.05) is 12.3 Å². The quantitative estimate of drug-likeness (QED) is 0.480. The molecule has 1 aromatic heterocycles. The summed E-state index contributed by atoms with van der Waals surface area (Å²) in [7, 11) is 0. The number of aliphatic hydroxyl groups is 3. The third-order valence-electron chi connectivity index (χ3n) is 3.36. The predicted molar refractivity (Wildman–Crippen MR) is 63.5 cm³/mol. The van der Waals surface area contributed by atoms with Gasteiger partial charge in [-0.3, -0.25) is 14.3 Å². The van der Waals surface area contributed by atoms with E-state index in [1.807, 2.05) is 4.98 Å². The molecular formula is C11H16N2O6. The van der Waals surface area contributed by atoms with E-state index in [1.165, 1.54) is 20.0 Å². The Morgan fingerprint density at radius 2 is 2.11 bits per heavy atom. The van der Waals surface area contributed by atoms with E-state index in [-0.39, 0.29) is 0 Å². The minimum atomic E-state index is -1.57. The summed E-state index contributed by atoms with van der Waals surface area (Å²) in [4.78, 5) is 24.8. The maximum absolute atomic E-state index is 11.7. The number of ether oxygens (including phenoxy) is 1. The lowest BCUT2D eigenvalue weighted by Crippen LogP contribution is -2.49. The molecule has 0 spiro atoms. The Morgan fingerprint density at radius 1 is 1.47 bits per heavy atom. The molecule has 0 bridgehead atoms. The number of nitrogens with one attached hydrogen (secondary N) is 1. The molecule has 19 heavy (non-hydrogen) atoms. The number of nitrogens with zero attached hydrogens (tertiary/aromatic N) is 1. The molecule has 8 nitrogen and oxygen atoms in total. The van der Waals surface area contributed by atoms with E-state index in [4.69, 9.17) is 4.74 Å². The molecule has 5 atom stereocenters. The van der Waals surface area contributed by atoms with Crippen LogP contribution in [0.25, 0.3) is 0 Å². The number of hydrogen-bond donors (Lipinski definition) is 4. The fourth-order valence-corrected chi connectivity index (χ4v) is 2.26. The fourth-order valence-electron chi connectivity index (χ4n) is 2.26. The van der Waals surface area contributed by atoms with Crippen LogP contribution in [-0.4, -0.2) is 49.3 Å². The Kier molecular flexibility index (Phi) is 3.35. The van der Waals surface area contributed by atoms with Crippen molar-refractivity contribution in [2.24, 2.45) is 0 Å². The highest BCUT2D eigenvalue weighted by Crippen LogP contribution is 2.35. The van der Waals surface area contributed by atoms with Gasteiger partial charge < -0.3 is 20.1 Å². The Balaban J connectivity index is 2.48. The molecule has 1 saturated heterocycles. The first-order valence-electron chi connectivity index (χ1n) is 5.82. The topological polar surface area (TPSA) is 125 Å². The summed E-state index contributed by atoms with van der Waals surface area (Å²) in [5.41, 5.74) is -2.92. The number of aromatic amines is 1. The summed E-state index contributed by atoms with van der Waals surface area (Å²) < 4.78 is 6.41. The van der Waals surface area contributed by atoms with Crippen molar-refractivity contribution in [1.29, 1.82) is 0 Å². The predicted octanol–water partition coefficient (Wildman–Crippen LogP) is -2.29. The zero-order valence-electron chi connectivity index (χ0n) is 10.5. The highest BCUT2D eigenvalue weighted by molar-refractivity contribution is 5.00. The molecule has 0 amide bonds. The minimum Gasteiger partial charge on any atom is -0.391 e. The van der Waals surface area contributed by atoms with Crippen LogP contribution in [0.2, 0.25) is 0 Å². The van der Waals surface area contributed by atoms with Crippen molar-refractivity contribution < 1.29 is 20.1 Å². The number of hydrogen-bond acceptors (Lipinski definition) is 6. The standard InChI is InChI=1S/C11H16N2O6/c1-5(14)8-7(16)9(17)11(2,19-8)13-4-3-6(15)12-10(13)18/h3-5,7-9,14,16-17H,1-2H3,(H,12,15,18)/t5-,7-,8-,9-,11-/m1/s1. The molecule has 1 aromatic rings. The molecule has 0 unspecified atom stereocenters. The molecule has 0 saturated carbocycles. The molecular weight excluding hydrogens is 256 g/mol.